The Hall–Kier alpha value is -4.63. The maximum atomic E-state index is 13.2. The number of phenols is 1. The number of allylic oxidation sites excluding steroid dienone is 1. The molecule has 0 unspecified atom stereocenters. The first-order valence-corrected chi connectivity index (χ1v) is 12.0. The lowest BCUT2D eigenvalue weighted by Crippen LogP contribution is -2.47. The Balaban J connectivity index is 1.26. The molecule has 0 spiro atoms. The van der Waals surface area contributed by atoms with Gasteiger partial charge in [-0.1, -0.05) is 30.3 Å². The maximum Gasteiger partial charge on any atom is 0.407 e. The fourth-order valence-corrected chi connectivity index (χ4v) is 4.83. The summed E-state index contributed by atoms with van der Waals surface area (Å²) in [5, 5.41) is 20.6. The second-order valence-corrected chi connectivity index (χ2v) is 9.13. The number of piperazine rings is 1. The van der Waals surface area contributed by atoms with E-state index in [0.29, 0.717) is 55.2 Å². The summed E-state index contributed by atoms with van der Waals surface area (Å²) >= 11 is 0. The number of benzene rings is 2. The summed E-state index contributed by atoms with van der Waals surface area (Å²) in [5.41, 5.74) is 4.25. The molecule has 9 nitrogen and oxygen atoms in total. The molecule has 37 heavy (non-hydrogen) atoms. The summed E-state index contributed by atoms with van der Waals surface area (Å²) in [6.45, 7) is 2.17. The summed E-state index contributed by atoms with van der Waals surface area (Å²) in [6.07, 6.45) is 2.55. The van der Waals surface area contributed by atoms with Gasteiger partial charge in [0.15, 0.2) is 5.76 Å². The number of fused-ring (bicyclic) bond motifs is 2. The van der Waals surface area contributed by atoms with Crippen molar-refractivity contribution in [3.8, 4) is 22.8 Å². The molecule has 0 radical (unpaired) electrons. The predicted molar refractivity (Wildman–Crippen MR) is 137 cm³/mol. The van der Waals surface area contributed by atoms with E-state index in [4.69, 9.17) is 9.72 Å². The molecular formula is C28H24N4O5. The molecule has 2 aromatic heterocycles. The lowest BCUT2D eigenvalue weighted by molar-refractivity contribution is 0.101. The minimum absolute atomic E-state index is 0.0400. The molecule has 0 aliphatic carbocycles. The number of aromatic hydroxyl groups is 1. The van der Waals surface area contributed by atoms with E-state index in [1.54, 1.807) is 18.3 Å². The summed E-state index contributed by atoms with van der Waals surface area (Å²) in [6, 6.07) is 16.9. The Kier molecular flexibility index (Phi) is 5.61. The van der Waals surface area contributed by atoms with Gasteiger partial charge in [-0.05, 0) is 30.3 Å². The zero-order chi connectivity index (χ0) is 25.5. The van der Waals surface area contributed by atoms with Crippen LogP contribution in [0.4, 0.5) is 4.79 Å². The van der Waals surface area contributed by atoms with Crippen LogP contribution in [0.25, 0.3) is 28.4 Å². The largest absolute Gasteiger partial charge is 0.507 e. The smallest absolute Gasteiger partial charge is 0.407 e. The van der Waals surface area contributed by atoms with Gasteiger partial charge >= 0.3 is 6.09 Å². The minimum Gasteiger partial charge on any atom is -0.507 e. The van der Waals surface area contributed by atoms with Crippen LogP contribution in [0.2, 0.25) is 0 Å². The van der Waals surface area contributed by atoms with Crippen LogP contribution in [0, 0.1) is 0 Å². The van der Waals surface area contributed by atoms with Crippen LogP contribution < -0.4 is 4.74 Å². The number of aromatic nitrogens is 2. The number of carboxylic acid groups (broad SMARTS) is 1. The number of carbonyl (C=O) groups is 2. The summed E-state index contributed by atoms with van der Waals surface area (Å²) < 4.78 is 6.03. The number of hydrogen-bond acceptors (Lipinski definition) is 6. The van der Waals surface area contributed by atoms with Crippen molar-refractivity contribution in [2.24, 2.45) is 0 Å². The van der Waals surface area contributed by atoms with Crippen molar-refractivity contribution in [2.45, 2.75) is 6.54 Å². The SMILES string of the molecule is O=C1C(=Cc2c[nH]c3nc(-c4ccccc4)ccc23)Oc2c1ccc(O)c2CN1CCN(C(=O)O)CC1. The van der Waals surface area contributed by atoms with Crippen molar-refractivity contribution >= 4 is 29.0 Å². The topological polar surface area (TPSA) is 119 Å². The Morgan fingerprint density at radius 3 is 2.59 bits per heavy atom. The molecule has 6 rings (SSSR count). The molecule has 3 N–H and O–H groups in total. The number of pyridine rings is 1. The van der Waals surface area contributed by atoms with Crippen molar-refractivity contribution in [1.29, 1.82) is 0 Å². The Morgan fingerprint density at radius 1 is 1.05 bits per heavy atom. The number of Topliss-reactive ketones (excluding diaryl/α,β-unsaturated/α-hetero) is 1. The number of aromatic amines is 1. The molecule has 2 aliphatic rings. The van der Waals surface area contributed by atoms with Crippen molar-refractivity contribution in [3.05, 3.63) is 83.2 Å². The quantitative estimate of drug-likeness (QED) is 0.360. The number of hydrogen-bond donors (Lipinski definition) is 3. The Labute approximate surface area is 212 Å². The van der Waals surface area contributed by atoms with Crippen LogP contribution in [0.15, 0.2) is 66.6 Å². The van der Waals surface area contributed by atoms with Gasteiger partial charge < -0.3 is 24.8 Å². The molecule has 1 amide bonds. The molecule has 9 heteroatoms. The molecule has 2 aromatic carbocycles. The van der Waals surface area contributed by atoms with E-state index >= 15 is 0 Å². The van der Waals surface area contributed by atoms with Gasteiger partial charge in [-0.25, -0.2) is 9.78 Å². The number of rotatable bonds is 4. The monoisotopic (exact) mass is 496 g/mol. The van der Waals surface area contributed by atoms with Crippen molar-refractivity contribution in [1.82, 2.24) is 19.8 Å². The van der Waals surface area contributed by atoms with Gasteiger partial charge in [0.2, 0.25) is 5.78 Å². The van der Waals surface area contributed by atoms with E-state index in [1.165, 1.54) is 11.0 Å². The predicted octanol–water partition coefficient (Wildman–Crippen LogP) is 4.35. The number of carbonyl (C=O) groups excluding carboxylic acids is 1. The number of H-pyrrole nitrogens is 1. The van der Waals surface area contributed by atoms with Crippen LogP contribution in [0.1, 0.15) is 21.5 Å². The first-order valence-electron chi connectivity index (χ1n) is 12.0. The third-order valence-corrected chi connectivity index (χ3v) is 6.87. The average molecular weight is 497 g/mol. The first-order chi connectivity index (χ1) is 18.0. The highest BCUT2D eigenvalue weighted by Gasteiger charge is 2.32. The van der Waals surface area contributed by atoms with Gasteiger partial charge in [-0.2, -0.15) is 0 Å². The van der Waals surface area contributed by atoms with Crippen LogP contribution >= 0.6 is 0 Å². The number of nitrogens with zero attached hydrogens (tertiary/aromatic N) is 3. The van der Waals surface area contributed by atoms with Gasteiger partial charge in [-0.3, -0.25) is 9.69 Å². The van der Waals surface area contributed by atoms with Crippen LogP contribution in [-0.2, 0) is 6.54 Å². The minimum atomic E-state index is -0.935. The van der Waals surface area contributed by atoms with Gasteiger partial charge in [0.25, 0.3) is 0 Å². The zero-order valence-corrected chi connectivity index (χ0v) is 19.8. The lowest BCUT2D eigenvalue weighted by atomic mass is 10.0. The molecule has 2 aliphatic heterocycles. The molecule has 0 saturated carbocycles. The summed E-state index contributed by atoms with van der Waals surface area (Å²) in [7, 11) is 0. The van der Waals surface area contributed by atoms with Crippen LogP contribution in [0.5, 0.6) is 11.5 Å². The van der Waals surface area contributed by atoms with E-state index in [0.717, 1.165) is 22.2 Å². The Bertz CT molecular complexity index is 1550. The average Bonchev–Trinajstić information content (AvgIpc) is 3.47. The normalized spacial score (nSPS) is 16.8. The second-order valence-electron chi connectivity index (χ2n) is 9.13. The number of amides is 1. The Morgan fingerprint density at radius 2 is 1.84 bits per heavy atom. The van der Waals surface area contributed by atoms with E-state index in [9.17, 15) is 19.8 Å². The van der Waals surface area contributed by atoms with Gasteiger partial charge in [0.05, 0.1) is 16.8 Å². The van der Waals surface area contributed by atoms with Crippen molar-refractivity contribution in [2.75, 3.05) is 26.2 Å². The number of ether oxygens (including phenoxy) is 1. The van der Waals surface area contributed by atoms with E-state index in [2.05, 4.69) is 4.98 Å². The third-order valence-electron chi connectivity index (χ3n) is 6.87. The summed E-state index contributed by atoms with van der Waals surface area (Å²) in [5.74, 6) is 0.306. The molecule has 1 saturated heterocycles. The molecule has 0 atom stereocenters. The number of ketones is 1. The number of nitrogens with one attached hydrogen (secondary N) is 1. The number of phenolic OH excluding ortho intramolecular Hbond substituents is 1. The molecule has 4 aromatic rings. The van der Waals surface area contributed by atoms with Gasteiger partial charge in [0.1, 0.15) is 17.1 Å². The fraction of sp³-hybridized carbons (Fsp3) is 0.179. The van der Waals surface area contributed by atoms with Gasteiger partial charge in [-0.15, -0.1) is 0 Å². The highest BCUT2D eigenvalue weighted by molar-refractivity contribution is 6.15. The van der Waals surface area contributed by atoms with E-state index in [-0.39, 0.29) is 17.3 Å². The standard InChI is InChI=1S/C28H24N4O5/c33-23-9-7-20-25(34)24(37-26(20)21(23)16-31-10-12-32(13-11-31)28(35)36)14-18-15-29-27-19(18)6-8-22(30-27)17-4-2-1-3-5-17/h1-9,14-15,33H,10-13,16H2,(H,29,30)(H,35,36). The van der Waals surface area contributed by atoms with Crippen LogP contribution in [-0.4, -0.2) is 68.0 Å². The van der Waals surface area contributed by atoms with E-state index in [1.807, 2.05) is 47.4 Å². The van der Waals surface area contributed by atoms with Crippen molar-refractivity contribution < 1.29 is 24.5 Å². The fourth-order valence-electron chi connectivity index (χ4n) is 4.83. The van der Waals surface area contributed by atoms with E-state index < -0.39 is 6.09 Å². The molecular weight excluding hydrogens is 472 g/mol. The molecule has 1 fully saturated rings. The molecule has 186 valence electrons. The zero-order valence-electron chi connectivity index (χ0n) is 19.8. The molecule has 4 heterocycles. The summed E-state index contributed by atoms with van der Waals surface area (Å²) in [4.78, 5) is 35.7. The highest BCUT2D eigenvalue weighted by Crippen LogP contribution is 2.40. The van der Waals surface area contributed by atoms with Crippen LogP contribution in [0.3, 0.4) is 0 Å². The maximum absolute atomic E-state index is 13.2. The van der Waals surface area contributed by atoms with Gasteiger partial charge in [0, 0.05) is 55.4 Å². The lowest BCUT2D eigenvalue weighted by Gasteiger charge is -2.33. The molecule has 0 bridgehead atoms. The second kappa shape index (κ2) is 9.11. The first kappa shape index (κ1) is 22.8. The third kappa shape index (κ3) is 4.19. The van der Waals surface area contributed by atoms with Crippen molar-refractivity contribution in [3.63, 3.8) is 0 Å². The highest BCUT2D eigenvalue weighted by atomic mass is 16.5.